The first-order chi connectivity index (χ1) is 16.0. The van der Waals surface area contributed by atoms with Crippen molar-refractivity contribution in [3.05, 3.63) is 78.1 Å². The van der Waals surface area contributed by atoms with Crippen LogP contribution in [0.15, 0.2) is 72.1 Å². The quantitative estimate of drug-likeness (QED) is 0.303. The van der Waals surface area contributed by atoms with Crippen molar-refractivity contribution < 1.29 is 9.59 Å². The highest BCUT2D eigenvalue weighted by molar-refractivity contribution is 7.99. The molecule has 1 N–H and O–H groups in total. The summed E-state index contributed by atoms with van der Waals surface area (Å²) < 4.78 is 3.63. The number of carbonyl (C=O) groups is 2. The lowest BCUT2D eigenvalue weighted by Crippen LogP contribution is -2.14. The number of aromatic nitrogens is 5. The molecule has 33 heavy (non-hydrogen) atoms. The van der Waals surface area contributed by atoms with Gasteiger partial charge in [-0.15, -0.1) is 10.2 Å². The number of hydrogen-bond acceptors (Lipinski definition) is 6. The highest BCUT2D eigenvalue weighted by Gasteiger charge is 2.14. The molecule has 0 unspecified atom stereocenters. The van der Waals surface area contributed by atoms with Gasteiger partial charge in [-0.2, -0.15) is 5.10 Å². The molecular weight excluding hydrogens is 436 g/mol. The number of fused-ring (bicyclic) bond motifs is 3. The van der Waals surface area contributed by atoms with Crippen molar-refractivity contribution in [1.82, 2.24) is 24.2 Å². The van der Waals surface area contributed by atoms with Crippen molar-refractivity contribution in [3.8, 4) is 11.3 Å². The van der Waals surface area contributed by atoms with Crippen molar-refractivity contribution >= 4 is 40.3 Å². The van der Waals surface area contributed by atoms with Crippen LogP contribution in [0.1, 0.15) is 22.8 Å². The van der Waals surface area contributed by atoms with Crippen LogP contribution in [-0.2, 0) is 4.79 Å². The van der Waals surface area contributed by atoms with Gasteiger partial charge in [0.25, 0.3) is 0 Å². The Morgan fingerprint density at radius 2 is 1.85 bits per heavy atom. The summed E-state index contributed by atoms with van der Waals surface area (Å²) in [6, 6.07) is 17.1. The first kappa shape index (κ1) is 20.9. The number of thioether (sulfide) groups is 1. The largest absolute Gasteiger partial charge is 0.325 e. The lowest BCUT2D eigenvalue weighted by Gasteiger charge is -2.06. The number of anilines is 1. The van der Waals surface area contributed by atoms with Crippen LogP contribution in [-0.4, -0.2) is 41.7 Å². The Kier molecular flexibility index (Phi) is 5.39. The van der Waals surface area contributed by atoms with Crippen LogP contribution >= 0.6 is 11.8 Å². The van der Waals surface area contributed by atoms with Gasteiger partial charge in [0.1, 0.15) is 5.52 Å². The van der Waals surface area contributed by atoms with E-state index in [1.165, 1.54) is 24.2 Å². The molecule has 1 amide bonds. The first-order valence-corrected chi connectivity index (χ1v) is 11.3. The molecule has 0 saturated carbocycles. The van der Waals surface area contributed by atoms with Gasteiger partial charge in [-0.1, -0.05) is 53.7 Å². The molecule has 0 saturated heterocycles. The second kappa shape index (κ2) is 8.51. The SMILES string of the molecule is CC(=O)c1cccc(NC(=O)CSc2nnc3c4cc(-c5ccc(C)cc5)nn4ccn23)c1. The normalized spacial score (nSPS) is 11.2. The Morgan fingerprint density at radius 1 is 1.03 bits per heavy atom. The Bertz CT molecular complexity index is 1500. The summed E-state index contributed by atoms with van der Waals surface area (Å²) in [5, 5.41) is 16.7. The molecule has 2 aromatic carbocycles. The minimum atomic E-state index is -0.190. The number of carbonyl (C=O) groups excluding carboxylic acids is 2. The fourth-order valence-corrected chi connectivity index (χ4v) is 4.22. The highest BCUT2D eigenvalue weighted by Crippen LogP contribution is 2.24. The van der Waals surface area contributed by atoms with Crippen LogP contribution < -0.4 is 5.32 Å². The molecule has 5 rings (SSSR count). The lowest BCUT2D eigenvalue weighted by molar-refractivity contribution is -0.113. The number of ketones is 1. The Hall–Kier alpha value is -3.98. The van der Waals surface area contributed by atoms with Gasteiger partial charge in [-0.05, 0) is 32.0 Å². The van der Waals surface area contributed by atoms with E-state index in [9.17, 15) is 9.59 Å². The predicted octanol–water partition coefficient (Wildman–Crippen LogP) is 4.29. The van der Waals surface area contributed by atoms with Gasteiger partial charge in [0.15, 0.2) is 16.6 Å². The zero-order valence-electron chi connectivity index (χ0n) is 18.0. The third-order valence-electron chi connectivity index (χ3n) is 5.22. The molecule has 5 aromatic rings. The van der Waals surface area contributed by atoms with E-state index in [2.05, 4.69) is 39.7 Å². The minimum Gasteiger partial charge on any atom is -0.325 e. The number of amides is 1. The molecule has 0 spiro atoms. The molecule has 3 aromatic heterocycles. The average Bonchev–Trinajstić information content (AvgIpc) is 3.42. The van der Waals surface area contributed by atoms with Gasteiger partial charge >= 0.3 is 0 Å². The Labute approximate surface area is 193 Å². The number of benzene rings is 2. The van der Waals surface area contributed by atoms with Crippen molar-refractivity contribution in [2.45, 2.75) is 19.0 Å². The molecule has 0 fully saturated rings. The smallest absolute Gasteiger partial charge is 0.234 e. The van der Waals surface area contributed by atoms with Crippen molar-refractivity contribution in [2.24, 2.45) is 0 Å². The average molecular weight is 457 g/mol. The molecule has 0 atom stereocenters. The fraction of sp³-hybridized carbons (Fsp3) is 0.125. The number of aryl methyl sites for hydroxylation is 1. The van der Waals surface area contributed by atoms with E-state index in [0.717, 1.165) is 16.8 Å². The molecule has 164 valence electrons. The van der Waals surface area contributed by atoms with E-state index >= 15 is 0 Å². The van der Waals surface area contributed by atoms with Crippen LogP contribution in [0.4, 0.5) is 5.69 Å². The molecule has 9 heteroatoms. The second-order valence-corrected chi connectivity index (χ2v) is 8.62. The minimum absolute atomic E-state index is 0.0490. The van der Waals surface area contributed by atoms with Crippen LogP contribution in [0.5, 0.6) is 0 Å². The molecule has 0 bridgehead atoms. The fourth-order valence-electron chi connectivity index (χ4n) is 3.50. The number of hydrogen-bond donors (Lipinski definition) is 1. The topological polar surface area (TPSA) is 93.7 Å². The summed E-state index contributed by atoms with van der Waals surface area (Å²) in [4.78, 5) is 24.0. The first-order valence-electron chi connectivity index (χ1n) is 10.3. The molecule has 0 radical (unpaired) electrons. The molecular formula is C24H20N6O2S. The Morgan fingerprint density at radius 3 is 2.64 bits per heavy atom. The summed E-state index contributed by atoms with van der Waals surface area (Å²) in [5.41, 5.74) is 5.72. The van der Waals surface area contributed by atoms with Crippen LogP contribution in [0.2, 0.25) is 0 Å². The maximum absolute atomic E-state index is 12.4. The number of nitrogens with zero attached hydrogens (tertiary/aromatic N) is 5. The lowest BCUT2D eigenvalue weighted by atomic mass is 10.1. The van der Waals surface area contributed by atoms with Gasteiger partial charge in [0, 0.05) is 29.2 Å². The van der Waals surface area contributed by atoms with Gasteiger partial charge in [0.05, 0.1) is 11.4 Å². The van der Waals surface area contributed by atoms with Crippen LogP contribution in [0.25, 0.3) is 22.4 Å². The van der Waals surface area contributed by atoms with Crippen LogP contribution in [0.3, 0.4) is 0 Å². The van der Waals surface area contributed by atoms with E-state index in [1.807, 2.05) is 35.0 Å². The number of rotatable bonds is 6. The molecule has 3 heterocycles. The Balaban J connectivity index is 1.34. The molecule has 0 aliphatic rings. The summed E-state index contributed by atoms with van der Waals surface area (Å²) in [6.45, 7) is 3.55. The highest BCUT2D eigenvalue weighted by atomic mass is 32.2. The maximum Gasteiger partial charge on any atom is 0.234 e. The van der Waals surface area contributed by atoms with E-state index in [4.69, 9.17) is 0 Å². The van der Waals surface area contributed by atoms with Crippen LogP contribution in [0, 0.1) is 6.92 Å². The number of Topliss-reactive ketones (excluding diaryl/α,β-unsaturated/α-hetero) is 1. The molecule has 0 aliphatic carbocycles. The summed E-state index contributed by atoms with van der Waals surface area (Å²) in [5.74, 6) is -0.0823. The van der Waals surface area contributed by atoms with Gasteiger partial charge in [-0.25, -0.2) is 4.52 Å². The molecule has 8 nitrogen and oxygen atoms in total. The summed E-state index contributed by atoms with van der Waals surface area (Å²) >= 11 is 1.29. The number of nitrogens with one attached hydrogen (secondary N) is 1. The molecule has 0 aliphatic heterocycles. The van der Waals surface area contributed by atoms with E-state index in [1.54, 1.807) is 28.8 Å². The summed E-state index contributed by atoms with van der Waals surface area (Å²) in [7, 11) is 0. The maximum atomic E-state index is 12.4. The zero-order valence-corrected chi connectivity index (χ0v) is 18.8. The third-order valence-corrected chi connectivity index (χ3v) is 6.16. The third kappa shape index (κ3) is 4.22. The van der Waals surface area contributed by atoms with Gasteiger partial charge in [0.2, 0.25) is 5.91 Å². The van der Waals surface area contributed by atoms with Gasteiger partial charge in [-0.3, -0.25) is 14.0 Å². The van der Waals surface area contributed by atoms with E-state index < -0.39 is 0 Å². The van der Waals surface area contributed by atoms with Gasteiger partial charge < -0.3 is 5.32 Å². The van der Waals surface area contributed by atoms with E-state index in [0.29, 0.717) is 22.1 Å². The van der Waals surface area contributed by atoms with Crippen molar-refractivity contribution in [1.29, 1.82) is 0 Å². The monoisotopic (exact) mass is 456 g/mol. The summed E-state index contributed by atoms with van der Waals surface area (Å²) in [6.07, 6.45) is 3.69. The predicted molar refractivity (Wildman–Crippen MR) is 128 cm³/mol. The standard InChI is InChI=1S/C24H20N6O2S/c1-15-6-8-17(9-7-15)20-13-21-23-26-27-24(29(23)10-11-30(21)28-20)33-14-22(32)25-19-5-3-4-18(12-19)16(2)31/h3-13H,14H2,1-2H3,(H,25,32). The zero-order chi connectivity index (χ0) is 22.9. The van der Waals surface area contributed by atoms with Crippen molar-refractivity contribution in [2.75, 3.05) is 11.1 Å². The van der Waals surface area contributed by atoms with Crippen molar-refractivity contribution in [3.63, 3.8) is 0 Å². The van der Waals surface area contributed by atoms with E-state index in [-0.39, 0.29) is 17.4 Å². The second-order valence-electron chi connectivity index (χ2n) is 7.67.